The summed E-state index contributed by atoms with van der Waals surface area (Å²) in [5, 5.41) is 7.61. The first-order valence-electron chi connectivity index (χ1n) is 8.44. The van der Waals surface area contributed by atoms with Crippen LogP contribution in [0.5, 0.6) is 0 Å². The van der Waals surface area contributed by atoms with Gasteiger partial charge in [-0.25, -0.2) is 4.39 Å². The van der Waals surface area contributed by atoms with E-state index in [9.17, 15) is 12.8 Å². The summed E-state index contributed by atoms with van der Waals surface area (Å²) in [7, 11) is -4.12. The SMILES string of the molecule is O=S(=O)(c1ccc(F)cc1)n1nc(-c2ccco2)nc1NCc1cccc(Cl)c1. The predicted molar refractivity (Wildman–Crippen MR) is 105 cm³/mol. The quantitative estimate of drug-likeness (QED) is 0.491. The molecule has 0 aliphatic heterocycles. The molecule has 0 spiro atoms. The number of anilines is 1. The standard InChI is InChI=1S/C19H14ClFN4O3S/c20-14-4-1-3-13(11-14)12-22-19-23-18(17-5-2-10-28-17)24-25(19)29(26,27)16-8-6-15(21)7-9-16/h1-11H,12H2,(H,22,23,24). The van der Waals surface area contributed by atoms with Gasteiger partial charge in [-0.2, -0.15) is 13.4 Å². The molecule has 0 saturated carbocycles. The van der Waals surface area contributed by atoms with Gasteiger partial charge in [-0.05, 0) is 54.1 Å². The Balaban J connectivity index is 1.74. The average Bonchev–Trinajstić information content (AvgIpc) is 3.37. The minimum atomic E-state index is -4.12. The molecule has 29 heavy (non-hydrogen) atoms. The molecule has 0 radical (unpaired) electrons. The molecule has 2 aromatic heterocycles. The van der Waals surface area contributed by atoms with Crippen LogP contribution in [0.4, 0.5) is 10.3 Å². The number of aromatic nitrogens is 3. The summed E-state index contributed by atoms with van der Waals surface area (Å²) >= 11 is 6.00. The Morgan fingerprint density at radius 2 is 1.90 bits per heavy atom. The lowest BCUT2D eigenvalue weighted by Gasteiger charge is -2.09. The molecule has 0 aliphatic rings. The van der Waals surface area contributed by atoms with Crippen LogP contribution in [-0.4, -0.2) is 22.6 Å². The van der Waals surface area contributed by atoms with Crippen LogP contribution in [0, 0.1) is 5.82 Å². The van der Waals surface area contributed by atoms with Gasteiger partial charge in [-0.3, -0.25) is 0 Å². The third kappa shape index (κ3) is 4.01. The summed E-state index contributed by atoms with van der Waals surface area (Å²) < 4.78 is 45.4. The molecule has 0 atom stereocenters. The topological polar surface area (TPSA) is 90.0 Å². The molecule has 0 fully saturated rings. The van der Waals surface area contributed by atoms with Gasteiger partial charge in [0, 0.05) is 11.6 Å². The van der Waals surface area contributed by atoms with Gasteiger partial charge in [-0.1, -0.05) is 23.7 Å². The first kappa shape index (κ1) is 19.2. The number of hydrogen-bond donors (Lipinski definition) is 1. The van der Waals surface area contributed by atoms with Crippen molar-refractivity contribution in [3.63, 3.8) is 0 Å². The van der Waals surface area contributed by atoms with Crippen LogP contribution in [0.15, 0.2) is 76.2 Å². The van der Waals surface area contributed by atoms with E-state index in [1.54, 1.807) is 30.3 Å². The number of halogens is 2. The van der Waals surface area contributed by atoms with Gasteiger partial charge in [0.1, 0.15) is 5.82 Å². The molecule has 4 aromatic rings. The summed E-state index contributed by atoms with van der Waals surface area (Å²) in [6.45, 7) is 0.260. The Hall–Kier alpha value is -3.17. The number of nitrogens with one attached hydrogen (secondary N) is 1. The first-order valence-corrected chi connectivity index (χ1v) is 10.3. The molecule has 4 rings (SSSR count). The minimum absolute atomic E-state index is 0.0132. The van der Waals surface area contributed by atoms with Crippen molar-refractivity contribution in [1.29, 1.82) is 0 Å². The molecular weight excluding hydrogens is 419 g/mol. The molecule has 0 bridgehead atoms. The number of benzene rings is 2. The average molecular weight is 433 g/mol. The second-order valence-corrected chi connectivity index (χ2v) is 8.23. The van der Waals surface area contributed by atoms with Crippen molar-refractivity contribution in [2.45, 2.75) is 11.4 Å². The van der Waals surface area contributed by atoms with Crippen LogP contribution in [-0.2, 0) is 16.6 Å². The van der Waals surface area contributed by atoms with E-state index in [4.69, 9.17) is 16.0 Å². The maximum absolute atomic E-state index is 13.2. The molecule has 0 aliphatic carbocycles. The van der Waals surface area contributed by atoms with Crippen molar-refractivity contribution in [3.8, 4) is 11.6 Å². The van der Waals surface area contributed by atoms with E-state index in [-0.39, 0.29) is 23.2 Å². The van der Waals surface area contributed by atoms with Gasteiger partial charge in [0.25, 0.3) is 10.0 Å². The fourth-order valence-corrected chi connectivity index (χ4v) is 4.03. The first-order chi connectivity index (χ1) is 13.9. The highest BCUT2D eigenvalue weighted by Crippen LogP contribution is 2.23. The Morgan fingerprint density at radius 1 is 1.10 bits per heavy atom. The Kier molecular flexibility index (Phi) is 5.08. The maximum atomic E-state index is 13.2. The monoisotopic (exact) mass is 432 g/mol. The largest absolute Gasteiger partial charge is 0.461 e. The second-order valence-electron chi connectivity index (χ2n) is 6.02. The van der Waals surface area contributed by atoms with E-state index < -0.39 is 15.8 Å². The Bertz CT molecular complexity index is 1240. The Labute approximate surface area is 170 Å². The maximum Gasteiger partial charge on any atom is 0.286 e. The van der Waals surface area contributed by atoms with E-state index in [2.05, 4.69) is 15.4 Å². The van der Waals surface area contributed by atoms with Crippen LogP contribution < -0.4 is 5.32 Å². The molecule has 148 valence electrons. The van der Waals surface area contributed by atoms with Crippen LogP contribution in [0.3, 0.4) is 0 Å². The molecule has 7 nitrogen and oxygen atoms in total. The van der Waals surface area contributed by atoms with E-state index >= 15 is 0 Å². The molecule has 0 saturated heterocycles. The summed E-state index contributed by atoms with van der Waals surface area (Å²) in [6.07, 6.45) is 1.43. The molecule has 0 unspecified atom stereocenters. The zero-order valence-corrected chi connectivity index (χ0v) is 16.4. The van der Waals surface area contributed by atoms with Gasteiger partial charge < -0.3 is 9.73 Å². The van der Waals surface area contributed by atoms with Crippen molar-refractivity contribution in [1.82, 2.24) is 14.2 Å². The summed E-state index contributed by atoms with van der Waals surface area (Å²) in [4.78, 5) is 4.14. The van der Waals surface area contributed by atoms with E-state index in [1.807, 2.05) is 6.07 Å². The molecule has 0 amide bonds. The number of furan rings is 1. The molecular formula is C19H14ClFN4O3S. The lowest BCUT2D eigenvalue weighted by molar-refractivity contribution is 0.573. The second kappa shape index (κ2) is 7.69. The van der Waals surface area contributed by atoms with Crippen molar-refractivity contribution in [2.75, 3.05) is 5.32 Å². The zero-order valence-electron chi connectivity index (χ0n) is 14.8. The predicted octanol–water partition coefficient (Wildman–Crippen LogP) is 4.18. The molecule has 2 heterocycles. The summed E-state index contributed by atoms with van der Waals surface area (Å²) in [5.74, 6) is -0.156. The third-order valence-corrected chi connectivity index (χ3v) is 5.81. The van der Waals surface area contributed by atoms with E-state index in [0.29, 0.717) is 10.8 Å². The number of rotatable bonds is 6. The highest BCUT2D eigenvalue weighted by atomic mass is 35.5. The summed E-state index contributed by atoms with van der Waals surface area (Å²) in [6, 6.07) is 14.8. The lowest BCUT2D eigenvalue weighted by Crippen LogP contribution is -2.18. The van der Waals surface area contributed by atoms with Crippen LogP contribution >= 0.6 is 11.6 Å². The highest BCUT2D eigenvalue weighted by molar-refractivity contribution is 7.90. The van der Waals surface area contributed by atoms with Crippen molar-refractivity contribution < 1.29 is 17.2 Å². The fourth-order valence-electron chi connectivity index (χ4n) is 2.62. The van der Waals surface area contributed by atoms with Crippen LogP contribution in [0.25, 0.3) is 11.6 Å². The molecule has 10 heteroatoms. The third-order valence-electron chi connectivity index (χ3n) is 4.00. The van der Waals surface area contributed by atoms with Crippen molar-refractivity contribution in [3.05, 3.63) is 83.3 Å². The van der Waals surface area contributed by atoms with Crippen molar-refractivity contribution in [2.24, 2.45) is 0 Å². The zero-order chi connectivity index (χ0) is 20.4. The van der Waals surface area contributed by atoms with Crippen LogP contribution in [0.1, 0.15) is 5.56 Å². The normalized spacial score (nSPS) is 11.5. The summed E-state index contributed by atoms with van der Waals surface area (Å²) in [5.41, 5.74) is 0.825. The molecule has 1 N–H and O–H groups in total. The fraction of sp³-hybridized carbons (Fsp3) is 0.0526. The smallest absolute Gasteiger partial charge is 0.286 e. The van der Waals surface area contributed by atoms with Crippen LogP contribution in [0.2, 0.25) is 5.02 Å². The van der Waals surface area contributed by atoms with E-state index in [0.717, 1.165) is 21.8 Å². The number of hydrogen-bond acceptors (Lipinski definition) is 6. The Morgan fingerprint density at radius 3 is 2.59 bits per heavy atom. The lowest BCUT2D eigenvalue weighted by atomic mass is 10.2. The van der Waals surface area contributed by atoms with Gasteiger partial charge in [0.05, 0.1) is 11.2 Å². The molecule has 2 aromatic carbocycles. The minimum Gasteiger partial charge on any atom is -0.461 e. The van der Waals surface area contributed by atoms with Gasteiger partial charge in [-0.15, -0.1) is 9.19 Å². The van der Waals surface area contributed by atoms with E-state index in [1.165, 1.54) is 18.4 Å². The van der Waals surface area contributed by atoms with Gasteiger partial charge in [0.15, 0.2) is 5.76 Å². The van der Waals surface area contributed by atoms with Gasteiger partial charge >= 0.3 is 0 Å². The van der Waals surface area contributed by atoms with Gasteiger partial charge in [0.2, 0.25) is 11.8 Å². The number of nitrogens with zero attached hydrogens (tertiary/aromatic N) is 3. The highest BCUT2D eigenvalue weighted by Gasteiger charge is 2.25. The van der Waals surface area contributed by atoms with Crippen molar-refractivity contribution >= 4 is 27.6 Å².